The van der Waals surface area contributed by atoms with Gasteiger partial charge in [0.25, 0.3) is 0 Å². The van der Waals surface area contributed by atoms with E-state index in [1.807, 2.05) is 38.1 Å². The zero-order chi connectivity index (χ0) is 24.7. The summed E-state index contributed by atoms with van der Waals surface area (Å²) >= 11 is 0. The summed E-state index contributed by atoms with van der Waals surface area (Å²) in [6.07, 6.45) is -2.30. The molecule has 184 valence electrons. The number of fused-ring (bicyclic) bond motifs is 2. The number of nitrogens with one attached hydrogen (secondary N) is 1. The highest BCUT2D eigenvalue weighted by atomic mass is 19.4. The van der Waals surface area contributed by atoms with Crippen molar-refractivity contribution < 1.29 is 17.9 Å². The molecule has 1 saturated heterocycles. The number of halogens is 3. The predicted octanol–water partition coefficient (Wildman–Crippen LogP) is 4.63. The highest BCUT2D eigenvalue weighted by molar-refractivity contribution is 5.86. The Hall–Kier alpha value is -3.24. The lowest BCUT2D eigenvalue weighted by Gasteiger charge is -2.30. The van der Waals surface area contributed by atoms with Gasteiger partial charge < -0.3 is 10.1 Å². The molecular weight excluding hydrogens is 457 g/mol. The minimum absolute atomic E-state index is 0.0325. The molecule has 0 amide bonds. The van der Waals surface area contributed by atoms with Gasteiger partial charge in [-0.05, 0) is 51.1 Å². The molecule has 4 aromatic rings. The molecule has 0 spiro atoms. The van der Waals surface area contributed by atoms with Crippen LogP contribution < -0.4 is 10.1 Å². The van der Waals surface area contributed by atoms with Gasteiger partial charge in [0.1, 0.15) is 23.0 Å². The van der Waals surface area contributed by atoms with Crippen molar-refractivity contribution >= 4 is 16.6 Å². The van der Waals surface area contributed by atoms with Gasteiger partial charge in [-0.3, -0.25) is 9.30 Å². The van der Waals surface area contributed by atoms with Crippen LogP contribution in [0.4, 0.5) is 13.2 Å². The van der Waals surface area contributed by atoms with E-state index in [-0.39, 0.29) is 17.7 Å². The number of rotatable bonds is 6. The van der Waals surface area contributed by atoms with Gasteiger partial charge in [0.2, 0.25) is 0 Å². The summed E-state index contributed by atoms with van der Waals surface area (Å²) in [7, 11) is 1.78. The van der Waals surface area contributed by atoms with E-state index >= 15 is 0 Å². The molecule has 1 unspecified atom stereocenters. The van der Waals surface area contributed by atoms with E-state index < -0.39 is 12.2 Å². The van der Waals surface area contributed by atoms with E-state index in [1.54, 1.807) is 23.6 Å². The molecule has 0 saturated carbocycles. The Labute approximate surface area is 200 Å². The van der Waals surface area contributed by atoms with Crippen molar-refractivity contribution in [2.75, 3.05) is 20.1 Å². The van der Waals surface area contributed by atoms with Crippen molar-refractivity contribution in [2.45, 2.75) is 44.6 Å². The van der Waals surface area contributed by atoms with Crippen LogP contribution in [0.25, 0.3) is 28.1 Å². The molecule has 1 fully saturated rings. The van der Waals surface area contributed by atoms with E-state index in [2.05, 4.69) is 15.5 Å². The van der Waals surface area contributed by atoms with Crippen LogP contribution in [0.3, 0.4) is 0 Å². The minimum Gasteiger partial charge on any atom is -0.489 e. The van der Waals surface area contributed by atoms with E-state index in [0.717, 1.165) is 5.39 Å². The standard InChI is InChI=1S/C25H27F3N6O/c1-15(2)35-20-6-4-5-16-7-9-19(30-22(16)20)24-32-31-21-10-8-17(13-34(21)24)23(25(26,27)28)33-12-11-18(14-33)29-3/h4-10,13,15,18,23,29H,11-12,14H2,1-3H3/t18?,23-/m1/s1. The van der Waals surface area contributed by atoms with Crippen LogP contribution in [-0.4, -0.2) is 62.9 Å². The number of aromatic nitrogens is 4. The maximum atomic E-state index is 14.2. The molecular formula is C25H27F3N6O. The second kappa shape index (κ2) is 9.09. The van der Waals surface area contributed by atoms with Gasteiger partial charge in [0.05, 0.1) is 6.10 Å². The Morgan fingerprint density at radius 3 is 2.63 bits per heavy atom. The molecule has 0 bridgehead atoms. The number of likely N-dealkylation sites (tertiary alicyclic amines) is 1. The Morgan fingerprint density at radius 2 is 1.91 bits per heavy atom. The molecule has 3 aromatic heterocycles. The zero-order valence-electron chi connectivity index (χ0n) is 19.8. The second-order valence-electron chi connectivity index (χ2n) is 9.12. The van der Waals surface area contributed by atoms with Crippen LogP contribution in [0.15, 0.2) is 48.7 Å². The summed E-state index contributed by atoms with van der Waals surface area (Å²) in [5.41, 5.74) is 1.76. The van der Waals surface area contributed by atoms with Crippen LogP contribution in [0.2, 0.25) is 0 Å². The first kappa shape index (κ1) is 23.5. The quantitative estimate of drug-likeness (QED) is 0.431. The van der Waals surface area contributed by atoms with E-state index in [1.165, 1.54) is 17.2 Å². The van der Waals surface area contributed by atoms with Crippen molar-refractivity contribution in [3.63, 3.8) is 0 Å². The largest absolute Gasteiger partial charge is 0.489 e. The second-order valence-corrected chi connectivity index (χ2v) is 9.12. The molecule has 5 rings (SSSR count). The Balaban J connectivity index is 1.58. The third-order valence-electron chi connectivity index (χ3n) is 6.32. The minimum atomic E-state index is -4.42. The predicted molar refractivity (Wildman–Crippen MR) is 127 cm³/mol. The molecule has 1 N–H and O–H groups in total. The molecule has 7 nitrogen and oxygen atoms in total. The topological polar surface area (TPSA) is 67.6 Å². The Bertz CT molecular complexity index is 1350. The molecule has 1 aliphatic heterocycles. The lowest BCUT2D eigenvalue weighted by Crippen LogP contribution is -2.39. The number of nitrogens with zero attached hydrogens (tertiary/aromatic N) is 5. The van der Waals surface area contributed by atoms with E-state index in [9.17, 15) is 13.2 Å². The van der Waals surface area contributed by atoms with Crippen molar-refractivity contribution in [3.05, 3.63) is 54.2 Å². The van der Waals surface area contributed by atoms with Gasteiger partial charge in [0, 0.05) is 30.7 Å². The van der Waals surface area contributed by atoms with Gasteiger partial charge in [-0.2, -0.15) is 13.2 Å². The first-order valence-corrected chi connectivity index (χ1v) is 11.6. The average molecular weight is 485 g/mol. The van der Waals surface area contributed by atoms with Crippen molar-refractivity contribution in [1.29, 1.82) is 0 Å². The number of ether oxygens (including phenoxy) is 1. The molecule has 0 radical (unpaired) electrons. The van der Waals surface area contributed by atoms with Crippen LogP contribution >= 0.6 is 0 Å². The third kappa shape index (κ3) is 4.55. The summed E-state index contributed by atoms with van der Waals surface area (Å²) in [6, 6.07) is 10.8. The van der Waals surface area contributed by atoms with Gasteiger partial charge in [-0.15, -0.1) is 10.2 Å². The van der Waals surface area contributed by atoms with Crippen LogP contribution in [0.5, 0.6) is 5.75 Å². The van der Waals surface area contributed by atoms with Gasteiger partial charge in [-0.25, -0.2) is 4.98 Å². The fraction of sp³-hybridized carbons (Fsp3) is 0.400. The van der Waals surface area contributed by atoms with Crippen molar-refractivity contribution in [3.8, 4) is 17.3 Å². The maximum Gasteiger partial charge on any atom is 0.408 e. The van der Waals surface area contributed by atoms with Gasteiger partial charge in [0.15, 0.2) is 11.5 Å². The van der Waals surface area contributed by atoms with Crippen LogP contribution in [0.1, 0.15) is 31.9 Å². The fourth-order valence-corrected chi connectivity index (χ4v) is 4.70. The summed E-state index contributed by atoms with van der Waals surface area (Å²) in [6.45, 7) is 4.57. The van der Waals surface area contributed by atoms with Gasteiger partial charge >= 0.3 is 6.18 Å². The van der Waals surface area contributed by atoms with E-state index in [4.69, 9.17) is 9.72 Å². The molecule has 2 atom stereocenters. The Morgan fingerprint density at radius 1 is 1.09 bits per heavy atom. The number of hydrogen-bond donors (Lipinski definition) is 1. The number of hydrogen-bond acceptors (Lipinski definition) is 6. The molecule has 0 aliphatic carbocycles. The molecule has 1 aliphatic rings. The lowest BCUT2D eigenvalue weighted by molar-refractivity contribution is -0.184. The fourth-order valence-electron chi connectivity index (χ4n) is 4.70. The maximum absolute atomic E-state index is 14.2. The summed E-state index contributed by atoms with van der Waals surface area (Å²) in [5.74, 6) is 1.01. The number of alkyl halides is 3. The first-order chi connectivity index (χ1) is 16.7. The average Bonchev–Trinajstić information content (AvgIpc) is 3.45. The number of pyridine rings is 2. The van der Waals surface area contributed by atoms with Crippen molar-refractivity contribution in [1.82, 2.24) is 29.8 Å². The zero-order valence-corrected chi connectivity index (χ0v) is 19.8. The SMILES string of the molecule is CNC1CCN([C@H](c2ccc3nnc(-c4ccc5cccc(OC(C)C)c5n4)n3c2)C(F)(F)F)C1. The van der Waals surface area contributed by atoms with Gasteiger partial charge in [-0.1, -0.05) is 24.3 Å². The molecule has 1 aromatic carbocycles. The third-order valence-corrected chi connectivity index (χ3v) is 6.32. The Kier molecular flexibility index (Phi) is 6.10. The monoisotopic (exact) mass is 484 g/mol. The van der Waals surface area contributed by atoms with Crippen LogP contribution in [-0.2, 0) is 0 Å². The smallest absolute Gasteiger partial charge is 0.408 e. The van der Waals surface area contributed by atoms with Crippen LogP contribution in [0, 0.1) is 0 Å². The summed E-state index contributed by atoms with van der Waals surface area (Å²) in [5, 5.41) is 12.4. The summed E-state index contributed by atoms with van der Waals surface area (Å²) < 4.78 is 50.2. The van der Waals surface area contributed by atoms with E-state index in [0.29, 0.717) is 47.9 Å². The first-order valence-electron chi connectivity index (χ1n) is 11.6. The highest BCUT2D eigenvalue weighted by Gasteiger charge is 2.46. The molecule has 10 heteroatoms. The molecule has 35 heavy (non-hydrogen) atoms. The number of likely N-dealkylation sites (N-methyl/N-ethyl adjacent to an activating group) is 1. The number of benzene rings is 1. The highest BCUT2D eigenvalue weighted by Crippen LogP contribution is 2.39. The molecule has 4 heterocycles. The summed E-state index contributed by atoms with van der Waals surface area (Å²) in [4.78, 5) is 6.24. The lowest BCUT2D eigenvalue weighted by atomic mass is 10.1. The normalized spacial score (nSPS) is 18.1. The number of para-hydroxylation sites is 1. The van der Waals surface area contributed by atoms with Crippen molar-refractivity contribution in [2.24, 2.45) is 0 Å².